The smallest absolute Gasteiger partial charge is 0.266 e. The van der Waals surface area contributed by atoms with Gasteiger partial charge >= 0.3 is 0 Å². The monoisotopic (exact) mass is 261 g/mol. The summed E-state index contributed by atoms with van der Waals surface area (Å²) in [6.07, 6.45) is -5.90. The second kappa shape index (κ2) is 6.25. The SMILES string of the molecule is [N-]=[N+]=NCC(O)C(O)c1ccc(C(F)F)c(F)c1. The highest BCUT2D eigenvalue weighted by Gasteiger charge is 2.20. The predicted molar refractivity (Wildman–Crippen MR) is 56.3 cm³/mol. The maximum atomic E-state index is 13.2. The van der Waals surface area contributed by atoms with Gasteiger partial charge in [0, 0.05) is 4.91 Å². The van der Waals surface area contributed by atoms with Crippen molar-refractivity contribution in [2.75, 3.05) is 6.54 Å². The van der Waals surface area contributed by atoms with Crippen molar-refractivity contribution in [3.8, 4) is 0 Å². The van der Waals surface area contributed by atoms with Gasteiger partial charge in [0.2, 0.25) is 0 Å². The van der Waals surface area contributed by atoms with Gasteiger partial charge in [0.1, 0.15) is 11.9 Å². The van der Waals surface area contributed by atoms with Crippen LogP contribution in [0.15, 0.2) is 23.3 Å². The lowest BCUT2D eigenvalue weighted by molar-refractivity contribution is 0.0241. The number of rotatable bonds is 5. The molecule has 0 aromatic heterocycles. The number of halogens is 3. The van der Waals surface area contributed by atoms with Crippen LogP contribution in [0.25, 0.3) is 10.4 Å². The van der Waals surface area contributed by atoms with E-state index in [1.54, 1.807) is 0 Å². The van der Waals surface area contributed by atoms with E-state index < -0.39 is 36.6 Å². The zero-order valence-electron chi connectivity index (χ0n) is 9.04. The minimum atomic E-state index is -2.95. The number of azide groups is 1. The second-order valence-corrected chi connectivity index (χ2v) is 3.51. The largest absolute Gasteiger partial charge is 0.390 e. The highest BCUT2D eigenvalue weighted by Crippen LogP contribution is 2.26. The Morgan fingerprint density at radius 3 is 2.50 bits per heavy atom. The number of benzene rings is 1. The van der Waals surface area contributed by atoms with Gasteiger partial charge in [-0.05, 0) is 17.2 Å². The van der Waals surface area contributed by atoms with Crippen LogP contribution in [-0.2, 0) is 0 Å². The Balaban J connectivity index is 2.90. The minimum Gasteiger partial charge on any atom is -0.390 e. The zero-order valence-corrected chi connectivity index (χ0v) is 9.04. The van der Waals surface area contributed by atoms with E-state index in [1.807, 2.05) is 0 Å². The molecular weight excluding hydrogens is 251 g/mol. The molecular formula is C10H10F3N3O2. The van der Waals surface area contributed by atoms with Gasteiger partial charge < -0.3 is 10.2 Å². The molecule has 0 heterocycles. The molecule has 0 spiro atoms. The van der Waals surface area contributed by atoms with Crippen molar-refractivity contribution < 1.29 is 23.4 Å². The van der Waals surface area contributed by atoms with Gasteiger partial charge in [0.25, 0.3) is 6.43 Å². The molecule has 0 radical (unpaired) electrons. The first-order valence-electron chi connectivity index (χ1n) is 4.92. The Labute approximate surface area is 100 Å². The normalized spacial score (nSPS) is 14.1. The maximum absolute atomic E-state index is 13.2. The van der Waals surface area contributed by atoms with Crippen molar-refractivity contribution in [1.29, 1.82) is 0 Å². The van der Waals surface area contributed by atoms with Gasteiger partial charge in [-0.15, -0.1) is 0 Å². The lowest BCUT2D eigenvalue weighted by Gasteiger charge is -2.16. The summed E-state index contributed by atoms with van der Waals surface area (Å²) in [5, 5.41) is 22.0. The Morgan fingerprint density at radius 1 is 1.33 bits per heavy atom. The Bertz CT molecular complexity index is 464. The van der Waals surface area contributed by atoms with Crippen molar-refractivity contribution in [1.82, 2.24) is 0 Å². The van der Waals surface area contributed by atoms with Crippen LogP contribution in [0.4, 0.5) is 13.2 Å². The van der Waals surface area contributed by atoms with Crippen molar-refractivity contribution in [2.24, 2.45) is 5.11 Å². The lowest BCUT2D eigenvalue weighted by Crippen LogP contribution is -2.21. The number of nitrogens with zero attached hydrogens (tertiary/aromatic N) is 3. The number of hydrogen-bond donors (Lipinski definition) is 2. The van der Waals surface area contributed by atoms with Crippen LogP contribution in [0.3, 0.4) is 0 Å². The molecule has 1 aromatic carbocycles. The molecule has 0 aliphatic rings. The molecule has 1 aromatic rings. The molecule has 0 saturated carbocycles. The fraction of sp³-hybridized carbons (Fsp3) is 0.400. The third kappa shape index (κ3) is 3.36. The molecule has 0 aliphatic carbocycles. The zero-order chi connectivity index (χ0) is 13.7. The molecule has 18 heavy (non-hydrogen) atoms. The number of alkyl halides is 2. The summed E-state index contributed by atoms with van der Waals surface area (Å²) in [6, 6.07) is 2.62. The molecule has 2 N–H and O–H groups in total. The van der Waals surface area contributed by atoms with E-state index in [-0.39, 0.29) is 5.56 Å². The van der Waals surface area contributed by atoms with Gasteiger partial charge in [-0.3, -0.25) is 0 Å². The standard InChI is InChI=1S/C10H10F3N3O2/c11-7-3-5(1-2-6(7)10(12)13)9(18)8(17)4-15-16-14/h1-3,8-10,17-18H,4H2. The molecule has 8 heteroatoms. The van der Waals surface area contributed by atoms with Crippen LogP contribution in [0, 0.1) is 5.82 Å². The number of hydrogen-bond acceptors (Lipinski definition) is 3. The quantitative estimate of drug-likeness (QED) is 0.484. The van der Waals surface area contributed by atoms with E-state index in [4.69, 9.17) is 5.53 Å². The van der Waals surface area contributed by atoms with Crippen molar-refractivity contribution in [2.45, 2.75) is 18.6 Å². The van der Waals surface area contributed by atoms with Gasteiger partial charge in [-0.1, -0.05) is 17.2 Å². The van der Waals surface area contributed by atoms with Crippen LogP contribution in [0.2, 0.25) is 0 Å². The maximum Gasteiger partial charge on any atom is 0.266 e. The summed E-state index contributed by atoms with van der Waals surface area (Å²) < 4.78 is 37.8. The summed E-state index contributed by atoms with van der Waals surface area (Å²) >= 11 is 0. The molecule has 2 unspecified atom stereocenters. The molecule has 0 aliphatic heterocycles. The summed E-state index contributed by atoms with van der Waals surface area (Å²) in [4.78, 5) is 2.39. The molecule has 2 atom stereocenters. The predicted octanol–water partition coefficient (Wildman–Crippen LogP) is 2.47. The molecule has 98 valence electrons. The first-order chi connectivity index (χ1) is 8.47. The van der Waals surface area contributed by atoms with Crippen LogP contribution in [-0.4, -0.2) is 22.9 Å². The van der Waals surface area contributed by atoms with E-state index >= 15 is 0 Å². The highest BCUT2D eigenvalue weighted by molar-refractivity contribution is 5.27. The molecule has 1 rings (SSSR count). The van der Waals surface area contributed by atoms with E-state index in [2.05, 4.69) is 10.0 Å². The van der Waals surface area contributed by atoms with Gasteiger partial charge in [-0.25, -0.2) is 13.2 Å². The lowest BCUT2D eigenvalue weighted by atomic mass is 10.0. The summed E-state index contributed by atoms with van der Waals surface area (Å²) in [7, 11) is 0. The first-order valence-corrected chi connectivity index (χ1v) is 4.92. The summed E-state index contributed by atoms with van der Waals surface area (Å²) in [6.45, 7) is -0.407. The van der Waals surface area contributed by atoms with E-state index in [0.29, 0.717) is 6.07 Å². The minimum absolute atomic E-state index is 0.0717. The van der Waals surface area contributed by atoms with Crippen molar-refractivity contribution in [3.63, 3.8) is 0 Å². The Hall–Kier alpha value is -1.76. The van der Waals surface area contributed by atoms with Gasteiger partial charge in [-0.2, -0.15) is 0 Å². The molecule has 0 saturated heterocycles. The average molecular weight is 261 g/mol. The van der Waals surface area contributed by atoms with Crippen molar-refractivity contribution >= 4 is 0 Å². The second-order valence-electron chi connectivity index (χ2n) is 3.51. The summed E-state index contributed by atoms with van der Waals surface area (Å²) in [5.41, 5.74) is 7.18. The Kier molecular flexibility index (Phi) is 4.96. The van der Waals surface area contributed by atoms with Crippen LogP contribution in [0.5, 0.6) is 0 Å². The first kappa shape index (κ1) is 14.3. The van der Waals surface area contributed by atoms with E-state index in [9.17, 15) is 23.4 Å². The summed E-state index contributed by atoms with van der Waals surface area (Å²) in [5.74, 6) is -1.17. The van der Waals surface area contributed by atoms with Crippen LogP contribution < -0.4 is 0 Å². The Morgan fingerprint density at radius 2 is 2.00 bits per heavy atom. The van der Waals surface area contributed by atoms with Gasteiger partial charge in [0.05, 0.1) is 18.2 Å². The molecule has 0 fully saturated rings. The van der Waals surface area contributed by atoms with E-state index in [0.717, 1.165) is 12.1 Å². The number of aliphatic hydroxyl groups excluding tert-OH is 2. The fourth-order valence-electron chi connectivity index (χ4n) is 1.35. The molecule has 0 bridgehead atoms. The van der Waals surface area contributed by atoms with Crippen LogP contribution >= 0.6 is 0 Å². The van der Waals surface area contributed by atoms with Crippen LogP contribution in [0.1, 0.15) is 23.7 Å². The number of aliphatic hydroxyl groups is 2. The highest BCUT2D eigenvalue weighted by atomic mass is 19.3. The third-order valence-electron chi connectivity index (χ3n) is 2.30. The topological polar surface area (TPSA) is 89.2 Å². The molecule has 5 nitrogen and oxygen atoms in total. The van der Waals surface area contributed by atoms with E-state index in [1.165, 1.54) is 0 Å². The average Bonchev–Trinajstić information content (AvgIpc) is 2.34. The molecule has 0 amide bonds. The van der Waals surface area contributed by atoms with Gasteiger partial charge in [0.15, 0.2) is 0 Å². The third-order valence-corrected chi connectivity index (χ3v) is 2.30. The van der Waals surface area contributed by atoms with Crippen molar-refractivity contribution in [3.05, 3.63) is 45.6 Å². The fourth-order valence-corrected chi connectivity index (χ4v) is 1.35.